The second-order valence-electron chi connectivity index (χ2n) is 6.32. The normalized spacial score (nSPS) is 15.0. The molecule has 9 heteroatoms. The van der Waals surface area contributed by atoms with Gasteiger partial charge < -0.3 is 14.8 Å². The zero-order valence-electron chi connectivity index (χ0n) is 15.1. The van der Waals surface area contributed by atoms with E-state index in [1.807, 2.05) is 27.6 Å². The van der Waals surface area contributed by atoms with Crippen LogP contribution in [0.5, 0.6) is 0 Å². The molecule has 1 saturated heterocycles. The highest BCUT2D eigenvalue weighted by molar-refractivity contribution is 7.99. The van der Waals surface area contributed by atoms with E-state index in [2.05, 4.69) is 10.3 Å². The van der Waals surface area contributed by atoms with E-state index < -0.39 is 0 Å². The molecule has 2 heterocycles. The van der Waals surface area contributed by atoms with Crippen molar-refractivity contribution in [2.45, 2.75) is 5.16 Å². The average molecular weight is 391 g/mol. The van der Waals surface area contributed by atoms with E-state index in [0.717, 1.165) is 5.16 Å². The van der Waals surface area contributed by atoms with Crippen LogP contribution in [0.2, 0.25) is 0 Å². The first-order valence-electron chi connectivity index (χ1n) is 8.67. The van der Waals surface area contributed by atoms with Crippen molar-refractivity contribution in [3.05, 3.63) is 42.5 Å². The number of nitrogens with zero attached hydrogens (tertiary/aromatic N) is 4. The Hall–Kier alpha value is -2.39. The molecule has 1 aromatic heterocycles. The maximum absolute atomic E-state index is 12.9. The van der Waals surface area contributed by atoms with Gasteiger partial charge in [0.25, 0.3) is 0 Å². The van der Waals surface area contributed by atoms with Crippen molar-refractivity contribution in [3.8, 4) is 0 Å². The van der Waals surface area contributed by atoms with Gasteiger partial charge in [0, 0.05) is 51.3 Å². The number of anilines is 1. The van der Waals surface area contributed by atoms with E-state index in [1.165, 1.54) is 36.0 Å². The van der Waals surface area contributed by atoms with Crippen LogP contribution >= 0.6 is 11.8 Å². The molecular weight excluding hydrogens is 369 g/mol. The lowest BCUT2D eigenvalue weighted by Gasteiger charge is -2.34. The minimum absolute atomic E-state index is 0.0819. The molecule has 144 valence electrons. The summed E-state index contributed by atoms with van der Waals surface area (Å²) in [5.74, 6) is -0.0457. The van der Waals surface area contributed by atoms with Crippen LogP contribution in [-0.4, -0.2) is 69.6 Å². The van der Waals surface area contributed by atoms with Crippen LogP contribution in [0.25, 0.3) is 0 Å². The molecule has 2 aromatic rings. The molecule has 0 aliphatic carbocycles. The first-order chi connectivity index (χ1) is 13.0. The number of hydrogen-bond donors (Lipinski definition) is 1. The van der Waals surface area contributed by atoms with Crippen molar-refractivity contribution in [1.29, 1.82) is 0 Å². The number of aryl methyl sites for hydroxylation is 1. The number of imidazole rings is 1. The number of nitrogens with one attached hydrogen (secondary N) is 1. The first kappa shape index (κ1) is 19.4. The van der Waals surface area contributed by atoms with E-state index in [9.17, 15) is 14.0 Å². The van der Waals surface area contributed by atoms with Crippen molar-refractivity contribution in [3.63, 3.8) is 0 Å². The number of carbonyl (C=O) groups is 2. The van der Waals surface area contributed by atoms with Gasteiger partial charge in [0.05, 0.1) is 12.3 Å². The van der Waals surface area contributed by atoms with E-state index in [1.54, 1.807) is 6.20 Å². The molecule has 27 heavy (non-hydrogen) atoms. The van der Waals surface area contributed by atoms with Gasteiger partial charge in [0.15, 0.2) is 5.16 Å². The second kappa shape index (κ2) is 9.01. The molecule has 1 aliphatic heterocycles. The van der Waals surface area contributed by atoms with Crippen LogP contribution in [0.1, 0.15) is 0 Å². The van der Waals surface area contributed by atoms with Gasteiger partial charge >= 0.3 is 0 Å². The first-order valence-corrected chi connectivity index (χ1v) is 9.65. The maximum Gasteiger partial charge on any atom is 0.238 e. The van der Waals surface area contributed by atoms with Gasteiger partial charge in [-0.15, -0.1) is 0 Å². The summed E-state index contributed by atoms with van der Waals surface area (Å²) in [6.07, 6.45) is 3.56. The number of halogens is 1. The number of amides is 2. The molecule has 0 unspecified atom stereocenters. The Balaban J connectivity index is 1.39. The molecule has 0 spiro atoms. The highest BCUT2D eigenvalue weighted by Crippen LogP contribution is 2.16. The van der Waals surface area contributed by atoms with E-state index in [0.29, 0.717) is 37.6 Å². The van der Waals surface area contributed by atoms with Gasteiger partial charge in [-0.1, -0.05) is 11.8 Å². The molecule has 1 fully saturated rings. The molecule has 7 nitrogen and oxygen atoms in total. The summed E-state index contributed by atoms with van der Waals surface area (Å²) >= 11 is 1.43. The van der Waals surface area contributed by atoms with Gasteiger partial charge in [-0.25, -0.2) is 9.37 Å². The Kier molecular flexibility index (Phi) is 6.46. The molecule has 1 aromatic carbocycles. The van der Waals surface area contributed by atoms with Crippen molar-refractivity contribution in [2.75, 3.05) is 43.8 Å². The highest BCUT2D eigenvalue weighted by Gasteiger charge is 2.22. The van der Waals surface area contributed by atoms with Crippen molar-refractivity contribution >= 4 is 29.3 Å². The SMILES string of the molecule is Cn1ccnc1SCC(=O)N1CCN(CC(=O)Nc2ccc(F)cc2)CC1. The Morgan fingerprint density at radius 3 is 2.52 bits per heavy atom. The number of thioether (sulfide) groups is 1. The van der Waals surface area contributed by atoms with Crippen molar-refractivity contribution in [1.82, 2.24) is 19.4 Å². The predicted octanol–water partition coefficient (Wildman–Crippen LogP) is 1.43. The van der Waals surface area contributed by atoms with Gasteiger partial charge in [-0.2, -0.15) is 0 Å². The molecule has 0 bridgehead atoms. The third-order valence-corrected chi connectivity index (χ3v) is 5.36. The lowest BCUT2D eigenvalue weighted by atomic mass is 10.3. The topological polar surface area (TPSA) is 70.5 Å². The standard InChI is InChI=1S/C18H22FN5O2S/c1-22-7-6-20-18(22)27-13-17(26)24-10-8-23(9-11-24)12-16(25)21-15-4-2-14(19)3-5-15/h2-7H,8-13H2,1H3,(H,21,25). The summed E-state index contributed by atoms with van der Waals surface area (Å²) in [6.45, 7) is 2.75. The maximum atomic E-state index is 12.9. The lowest BCUT2D eigenvalue weighted by molar-refractivity contribution is -0.130. The number of piperazine rings is 1. The van der Waals surface area contributed by atoms with Crippen LogP contribution in [0, 0.1) is 5.82 Å². The van der Waals surface area contributed by atoms with Crippen molar-refractivity contribution < 1.29 is 14.0 Å². The summed E-state index contributed by atoms with van der Waals surface area (Å²) in [5.41, 5.74) is 0.571. The average Bonchev–Trinajstić information content (AvgIpc) is 3.07. The number of rotatable bonds is 6. The minimum atomic E-state index is -0.338. The van der Waals surface area contributed by atoms with Crippen LogP contribution in [0.4, 0.5) is 10.1 Å². The number of carbonyl (C=O) groups excluding carboxylic acids is 2. The molecule has 0 radical (unpaired) electrons. The van der Waals surface area contributed by atoms with Gasteiger partial charge in [0.1, 0.15) is 5.82 Å². The zero-order valence-corrected chi connectivity index (χ0v) is 15.9. The molecule has 1 N–H and O–H groups in total. The molecule has 2 amide bonds. The summed E-state index contributed by atoms with van der Waals surface area (Å²) in [7, 11) is 1.90. The lowest BCUT2D eigenvalue weighted by Crippen LogP contribution is -2.50. The third kappa shape index (κ3) is 5.54. The predicted molar refractivity (Wildman–Crippen MR) is 102 cm³/mol. The largest absolute Gasteiger partial charge is 0.339 e. The minimum Gasteiger partial charge on any atom is -0.339 e. The Morgan fingerprint density at radius 2 is 1.89 bits per heavy atom. The number of aromatic nitrogens is 2. The third-order valence-electron chi connectivity index (χ3n) is 4.32. The van der Waals surface area contributed by atoms with Gasteiger partial charge in [-0.05, 0) is 24.3 Å². The van der Waals surface area contributed by atoms with Gasteiger partial charge in [-0.3, -0.25) is 14.5 Å². The van der Waals surface area contributed by atoms with E-state index in [-0.39, 0.29) is 24.2 Å². The molecule has 3 rings (SSSR count). The molecular formula is C18H22FN5O2S. The Bertz CT molecular complexity index is 787. The number of benzene rings is 1. The van der Waals surface area contributed by atoms with E-state index >= 15 is 0 Å². The zero-order chi connectivity index (χ0) is 19.2. The number of hydrogen-bond acceptors (Lipinski definition) is 5. The fraction of sp³-hybridized carbons (Fsp3) is 0.389. The molecule has 0 saturated carbocycles. The van der Waals surface area contributed by atoms with Gasteiger partial charge in [0.2, 0.25) is 11.8 Å². The Morgan fingerprint density at radius 1 is 1.19 bits per heavy atom. The van der Waals surface area contributed by atoms with Crippen LogP contribution in [-0.2, 0) is 16.6 Å². The smallest absolute Gasteiger partial charge is 0.238 e. The summed E-state index contributed by atoms with van der Waals surface area (Å²) in [5, 5.41) is 3.57. The summed E-state index contributed by atoms with van der Waals surface area (Å²) in [4.78, 5) is 32.5. The van der Waals surface area contributed by atoms with Crippen LogP contribution < -0.4 is 5.32 Å². The van der Waals surface area contributed by atoms with Crippen LogP contribution in [0.15, 0.2) is 41.8 Å². The highest BCUT2D eigenvalue weighted by atomic mass is 32.2. The fourth-order valence-corrected chi connectivity index (χ4v) is 3.64. The Labute approximate surface area is 161 Å². The quantitative estimate of drug-likeness (QED) is 0.755. The summed E-state index contributed by atoms with van der Waals surface area (Å²) < 4.78 is 14.8. The molecule has 1 aliphatic rings. The van der Waals surface area contributed by atoms with Crippen molar-refractivity contribution in [2.24, 2.45) is 7.05 Å². The van der Waals surface area contributed by atoms with E-state index in [4.69, 9.17) is 0 Å². The van der Waals surface area contributed by atoms with Crippen LogP contribution in [0.3, 0.4) is 0 Å². The molecule has 0 atom stereocenters. The second-order valence-corrected chi connectivity index (χ2v) is 7.26. The summed E-state index contributed by atoms with van der Waals surface area (Å²) in [6, 6.07) is 5.68. The fourth-order valence-electron chi connectivity index (χ4n) is 2.80. The monoisotopic (exact) mass is 391 g/mol.